The van der Waals surface area contributed by atoms with Crippen LogP contribution >= 0.6 is 0 Å². The Morgan fingerprint density at radius 3 is 2.43 bits per heavy atom. The van der Waals surface area contributed by atoms with Crippen LogP contribution in [0.2, 0.25) is 0 Å². The van der Waals surface area contributed by atoms with Crippen molar-refractivity contribution >= 4 is 5.91 Å². The number of rotatable bonds is 2. The third kappa shape index (κ3) is 3.24. The maximum atomic E-state index is 13.0. The number of hydrogen-bond donors (Lipinski definition) is 0. The molecule has 0 spiro atoms. The number of amides is 1. The third-order valence-electron chi connectivity index (χ3n) is 3.74. The molecule has 1 aromatic heterocycles. The maximum Gasteiger partial charge on any atom is 0.293 e. The molecule has 1 aliphatic rings. The van der Waals surface area contributed by atoms with E-state index in [2.05, 4.69) is 10.1 Å². The van der Waals surface area contributed by atoms with E-state index in [1.165, 1.54) is 12.1 Å². The molecule has 0 saturated carbocycles. The minimum atomic E-state index is -0.320. The van der Waals surface area contributed by atoms with Gasteiger partial charge in [0, 0.05) is 13.1 Å². The normalized spacial score (nSPS) is 21.5. The molecule has 0 aliphatic carbocycles. The van der Waals surface area contributed by atoms with Crippen LogP contribution in [0.1, 0.15) is 30.3 Å². The van der Waals surface area contributed by atoms with E-state index in [4.69, 9.17) is 4.74 Å². The number of carbonyl (C=O) groups is 1. The van der Waals surface area contributed by atoms with Crippen LogP contribution in [0.3, 0.4) is 0 Å². The summed E-state index contributed by atoms with van der Waals surface area (Å²) in [5.74, 6) is 0.192. The van der Waals surface area contributed by atoms with E-state index in [0.29, 0.717) is 24.6 Å². The summed E-state index contributed by atoms with van der Waals surface area (Å²) in [7, 11) is 0. The standard InChI is InChI=1S/C16H19FN4O2/c1-10-8-20(9-11(2)23-10)16(22)15-18-12(3)21(19-15)14-6-4-13(17)5-7-14/h4-7,10-11H,8-9H2,1-3H3/t10-,11-/m1/s1. The van der Waals surface area contributed by atoms with Crippen LogP contribution in [0.4, 0.5) is 4.39 Å². The Morgan fingerprint density at radius 1 is 1.22 bits per heavy atom. The predicted molar refractivity (Wildman–Crippen MR) is 82.0 cm³/mol. The monoisotopic (exact) mass is 318 g/mol. The molecule has 1 saturated heterocycles. The minimum absolute atomic E-state index is 0.0111. The van der Waals surface area contributed by atoms with Crippen molar-refractivity contribution in [1.82, 2.24) is 19.7 Å². The number of aromatic nitrogens is 3. The fourth-order valence-corrected chi connectivity index (χ4v) is 2.79. The van der Waals surface area contributed by atoms with E-state index < -0.39 is 0 Å². The van der Waals surface area contributed by atoms with Crippen LogP contribution in [-0.2, 0) is 4.74 Å². The average Bonchev–Trinajstić information content (AvgIpc) is 2.88. The molecule has 1 aliphatic heterocycles. The van der Waals surface area contributed by atoms with Gasteiger partial charge in [-0.2, -0.15) is 0 Å². The zero-order valence-electron chi connectivity index (χ0n) is 13.4. The summed E-state index contributed by atoms with van der Waals surface area (Å²) in [4.78, 5) is 18.6. The van der Waals surface area contributed by atoms with Crippen molar-refractivity contribution in [1.29, 1.82) is 0 Å². The summed E-state index contributed by atoms with van der Waals surface area (Å²) in [6.07, 6.45) is -0.0223. The summed E-state index contributed by atoms with van der Waals surface area (Å²) in [5.41, 5.74) is 0.666. The molecule has 0 N–H and O–H groups in total. The van der Waals surface area contributed by atoms with Gasteiger partial charge in [-0.25, -0.2) is 14.1 Å². The van der Waals surface area contributed by atoms with Gasteiger partial charge in [0.1, 0.15) is 11.6 Å². The van der Waals surface area contributed by atoms with E-state index >= 15 is 0 Å². The molecule has 23 heavy (non-hydrogen) atoms. The summed E-state index contributed by atoms with van der Waals surface area (Å²) >= 11 is 0. The molecule has 6 nitrogen and oxygen atoms in total. The molecule has 1 fully saturated rings. The summed E-state index contributed by atoms with van der Waals surface area (Å²) in [6, 6.07) is 5.90. The van der Waals surface area contributed by atoms with E-state index in [0.717, 1.165) is 0 Å². The molecular formula is C16H19FN4O2. The number of morpholine rings is 1. The zero-order chi connectivity index (χ0) is 16.6. The van der Waals surface area contributed by atoms with Crippen molar-refractivity contribution < 1.29 is 13.9 Å². The molecule has 3 rings (SSSR count). The van der Waals surface area contributed by atoms with Crippen molar-refractivity contribution in [3.05, 3.63) is 41.7 Å². The van der Waals surface area contributed by atoms with Gasteiger partial charge in [-0.05, 0) is 45.0 Å². The molecule has 0 bridgehead atoms. The topological polar surface area (TPSA) is 60.3 Å². The van der Waals surface area contributed by atoms with Crippen LogP contribution in [0.15, 0.2) is 24.3 Å². The van der Waals surface area contributed by atoms with Crippen molar-refractivity contribution in [2.75, 3.05) is 13.1 Å². The second-order valence-corrected chi connectivity index (χ2v) is 5.84. The van der Waals surface area contributed by atoms with Crippen molar-refractivity contribution in [3.8, 4) is 5.69 Å². The van der Waals surface area contributed by atoms with Gasteiger partial charge in [0.05, 0.1) is 17.9 Å². The van der Waals surface area contributed by atoms with Gasteiger partial charge in [-0.3, -0.25) is 4.79 Å². The second-order valence-electron chi connectivity index (χ2n) is 5.84. The van der Waals surface area contributed by atoms with E-state index in [-0.39, 0.29) is 29.8 Å². The molecule has 2 heterocycles. The molecule has 2 aromatic rings. The maximum absolute atomic E-state index is 13.0. The van der Waals surface area contributed by atoms with Crippen LogP contribution in [-0.4, -0.2) is 50.9 Å². The molecule has 1 amide bonds. The lowest BCUT2D eigenvalue weighted by Gasteiger charge is -2.34. The Labute approximate surface area is 133 Å². The van der Waals surface area contributed by atoms with Gasteiger partial charge in [0.15, 0.2) is 0 Å². The fraction of sp³-hybridized carbons (Fsp3) is 0.438. The lowest BCUT2D eigenvalue weighted by atomic mass is 10.2. The van der Waals surface area contributed by atoms with Crippen LogP contribution in [0, 0.1) is 12.7 Å². The largest absolute Gasteiger partial charge is 0.372 e. The molecular weight excluding hydrogens is 299 g/mol. The predicted octanol–water partition coefficient (Wildman–Crippen LogP) is 1.96. The highest BCUT2D eigenvalue weighted by Crippen LogP contribution is 2.15. The lowest BCUT2D eigenvalue weighted by molar-refractivity contribution is -0.0588. The Morgan fingerprint density at radius 2 is 1.83 bits per heavy atom. The zero-order valence-corrected chi connectivity index (χ0v) is 13.4. The van der Waals surface area contributed by atoms with Crippen molar-refractivity contribution in [3.63, 3.8) is 0 Å². The Balaban J connectivity index is 1.85. The number of ether oxygens (including phenoxy) is 1. The van der Waals surface area contributed by atoms with Crippen LogP contribution in [0.5, 0.6) is 0 Å². The highest BCUT2D eigenvalue weighted by molar-refractivity contribution is 5.90. The molecule has 7 heteroatoms. The molecule has 122 valence electrons. The van der Waals surface area contributed by atoms with E-state index in [1.807, 2.05) is 13.8 Å². The molecule has 0 radical (unpaired) electrons. The average molecular weight is 318 g/mol. The quantitative estimate of drug-likeness (QED) is 0.849. The minimum Gasteiger partial charge on any atom is -0.372 e. The first-order valence-electron chi connectivity index (χ1n) is 7.58. The van der Waals surface area contributed by atoms with Gasteiger partial charge in [-0.1, -0.05) is 0 Å². The number of benzene rings is 1. The Bertz CT molecular complexity index is 703. The van der Waals surface area contributed by atoms with Crippen LogP contribution in [0.25, 0.3) is 5.69 Å². The van der Waals surface area contributed by atoms with E-state index in [1.54, 1.807) is 28.6 Å². The first-order chi connectivity index (χ1) is 10.9. The van der Waals surface area contributed by atoms with Gasteiger partial charge in [0.25, 0.3) is 5.91 Å². The summed E-state index contributed by atoms with van der Waals surface area (Å²) < 4.78 is 20.2. The molecule has 2 atom stereocenters. The van der Waals surface area contributed by atoms with Gasteiger partial charge in [-0.15, -0.1) is 5.10 Å². The first kappa shape index (κ1) is 15.6. The van der Waals surface area contributed by atoms with Gasteiger partial charge in [0.2, 0.25) is 5.82 Å². The fourth-order valence-electron chi connectivity index (χ4n) is 2.79. The first-order valence-corrected chi connectivity index (χ1v) is 7.58. The molecule has 1 aromatic carbocycles. The summed E-state index contributed by atoms with van der Waals surface area (Å²) in [6.45, 7) is 6.68. The lowest BCUT2D eigenvalue weighted by Crippen LogP contribution is -2.48. The number of halogens is 1. The van der Waals surface area contributed by atoms with Gasteiger partial charge >= 0.3 is 0 Å². The van der Waals surface area contributed by atoms with Crippen molar-refractivity contribution in [2.24, 2.45) is 0 Å². The van der Waals surface area contributed by atoms with Gasteiger partial charge < -0.3 is 9.64 Å². The molecule has 0 unspecified atom stereocenters. The highest BCUT2D eigenvalue weighted by Gasteiger charge is 2.29. The van der Waals surface area contributed by atoms with Crippen molar-refractivity contribution in [2.45, 2.75) is 33.0 Å². The SMILES string of the molecule is Cc1nc(C(=O)N2C[C@@H](C)O[C@H](C)C2)nn1-c1ccc(F)cc1. The highest BCUT2D eigenvalue weighted by atomic mass is 19.1. The number of carbonyl (C=O) groups excluding carboxylic acids is 1. The smallest absolute Gasteiger partial charge is 0.293 e. The van der Waals surface area contributed by atoms with E-state index in [9.17, 15) is 9.18 Å². The number of aryl methyl sites for hydroxylation is 1. The Kier molecular flexibility index (Phi) is 4.12. The number of hydrogen-bond acceptors (Lipinski definition) is 4. The Hall–Kier alpha value is -2.28. The van der Waals surface area contributed by atoms with Crippen LogP contribution < -0.4 is 0 Å². The third-order valence-corrected chi connectivity index (χ3v) is 3.74. The number of nitrogens with zero attached hydrogens (tertiary/aromatic N) is 4. The second kappa shape index (κ2) is 6.08. The summed E-state index contributed by atoms with van der Waals surface area (Å²) in [5, 5.41) is 4.29.